The quantitative estimate of drug-likeness (QED) is 0.641. The van der Waals surface area contributed by atoms with Crippen molar-refractivity contribution in [2.45, 2.75) is 6.61 Å². The van der Waals surface area contributed by atoms with E-state index in [0.717, 1.165) is 5.56 Å². The van der Waals surface area contributed by atoms with Crippen LogP contribution in [0.25, 0.3) is 0 Å². The summed E-state index contributed by atoms with van der Waals surface area (Å²) in [7, 11) is 0. The fourth-order valence-corrected chi connectivity index (χ4v) is 1.52. The molecule has 0 aliphatic heterocycles. The van der Waals surface area contributed by atoms with E-state index in [9.17, 15) is 4.39 Å². The van der Waals surface area contributed by atoms with Crippen molar-refractivity contribution in [3.8, 4) is 5.75 Å². The van der Waals surface area contributed by atoms with E-state index in [4.69, 9.17) is 15.9 Å². The first kappa shape index (κ1) is 12.1. The summed E-state index contributed by atoms with van der Waals surface area (Å²) in [4.78, 5) is 0. The minimum atomic E-state index is -0.275. The molecule has 3 N–H and O–H groups in total. The summed E-state index contributed by atoms with van der Waals surface area (Å²) in [5.41, 5.74) is 6.76. The van der Waals surface area contributed by atoms with Crippen LogP contribution in [-0.2, 0) is 6.61 Å². The van der Waals surface area contributed by atoms with Gasteiger partial charge in [-0.2, -0.15) is 0 Å². The average Bonchev–Trinajstić information content (AvgIpc) is 2.37. The minimum absolute atomic E-state index is 0.0201. The maximum absolute atomic E-state index is 12.9. The zero-order valence-corrected chi connectivity index (χ0v) is 9.69. The van der Waals surface area contributed by atoms with Crippen LogP contribution in [0.3, 0.4) is 0 Å². The molecule has 2 aromatic carbocycles. The van der Waals surface area contributed by atoms with E-state index in [0.29, 0.717) is 17.9 Å². The van der Waals surface area contributed by atoms with Gasteiger partial charge in [0.05, 0.1) is 0 Å². The van der Waals surface area contributed by atoms with Crippen LogP contribution in [0, 0.1) is 11.2 Å². The number of nitrogens with one attached hydrogen (secondary N) is 1. The SMILES string of the molecule is N=C(N)c1ccc(OCc2cccc(F)c2)cc1. The molecular formula is C14H13FN2O. The van der Waals surface area contributed by atoms with Crippen molar-refractivity contribution < 1.29 is 9.13 Å². The van der Waals surface area contributed by atoms with E-state index in [1.165, 1.54) is 12.1 Å². The van der Waals surface area contributed by atoms with Crippen molar-refractivity contribution >= 4 is 5.84 Å². The third-order valence-corrected chi connectivity index (χ3v) is 2.46. The Balaban J connectivity index is 2.00. The molecular weight excluding hydrogens is 231 g/mol. The molecule has 0 atom stereocenters. The van der Waals surface area contributed by atoms with Gasteiger partial charge < -0.3 is 10.5 Å². The molecule has 0 bridgehead atoms. The largest absolute Gasteiger partial charge is 0.489 e. The van der Waals surface area contributed by atoms with E-state index >= 15 is 0 Å². The van der Waals surface area contributed by atoms with Gasteiger partial charge in [-0.25, -0.2) is 4.39 Å². The first-order valence-corrected chi connectivity index (χ1v) is 5.47. The molecule has 0 saturated carbocycles. The van der Waals surface area contributed by atoms with Gasteiger partial charge >= 0.3 is 0 Å². The van der Waals surface area contributed by atoms with Crippen molar-refractivity contribution in [1.29, 1.82) is 5.41 Å². The van der Waals surface area contributed by atoms with E-state index in [1.807, 2.05) is 0 Å². The monoisotopic (exact) mass is 244 g/mol. The summed E-state index contributed by atoms with van der Waals surface area (Å²) in [5, 5.41) is 7.26. The van der Waals surface area contributed by atoms with Crippen LogP contribution in [0.15, 0.2) is 48.5 Å². The fourth-order valence-electron chi connectivity index (χ4n) is 1.52. The van der Waals surface area contributed by atoms with Gasteiger partial charge in [0.1, 0.15) is 24.0 Å². The number of rotatable bonds is 4. The lowest BCUT2D eigenvalue weighted by Gasteiger charge is -2.07. The van der Waals surface area contributed by atoms with Crippen LogP contribution in [0.5, 0.6) is 5.75 Å². The number of benzene rings is 2. The Morgan fingerprint density at radius 2 is 1.89 bits per heavy atom. The van der Waals surface area contributed by atoms with Gasteiger partial charge in [0.2, 0.25) is 0 Å². The molecule has 2 rings (SSSR count). The van der Waals surface area contributed by atoms with Crippen molar-refractivity contribution in [1.82, 2.24) is 0 Å². The molecule has 0 saturated heterocycles. The van der Waals surface area contributed by atoms with Gasteiger partial charge in [0.25, 0.3) is 0 Å². The van der Waals surface area contributed by atoms with Crippen molar-refractivity contribution in [3.05, 3.63) is 65.5 Å². The normalized spacial score (nSPS) is 10.1. The number of hydrogen-bond donors (Lipinski definition) is 2. The minimum Gasteiger partial charge on any atom is -0.489 e. The highest BCUT2D eigenvalue weighted by molar-refractivity contribution is 5.94. The number of halogens is 1. The van der Waals surface area contributed by atoms with Crippen molar-refractivity contribution in [2.75, 3.05) is 0 Å². The third kappa shape index (κ3) is 3.07. The second-order valence-electron chi connectivity index (χ2n) is 3.86. The lowest BCUT2D eigenvalue weighted by Crippen LogP contribution is -2.10. The summed E-state index contributed by atoms with van der Waals surface area (Å²) < 4.78 is 18.4. The standard InChI is InChI=1S/C14H13FN2O/c15-12-3-1-2-10(8-12)9-18-13-6-4-11(5-7-13)14(16)17/h1-8H,9H2,(H3,16,17). The zero-order valence-electron chi connectivity index (χ0n) is 9.69. The average molecular weight is 244 g/mol. The number of hydrogen-bond acceptors (Lipinski definition) is 2. The van der Waals surface area contributed by atoms with Gasteiger partial charge in [-0.05, 0) is 42.0 Å². The van der Waals surface area contributed by atoms with Gasteiger partial charge in [-0.3, -0.25) is 5.41 Å². The predicted molar refractivity (Wildman–Crippen MR) is 68.2 cm³/mol. The topological polar surface area (TPSA) is 59.1 Å². The van der Waals surface area contributed by atoms with E-state index in [2.05, 4.69) is 0 Å². The molecule has 3 nitrogen and oxygen atoms in total. The van der Waals surface area contributed by atoms with Crippen molar-refractivity contribution in [3.63, 3.8) is 0 Å². The zero-order chi connectivity index (χ0) is 13.0. The highest BCUT2D eigenvalue weighted by Crippen LogP contribution is 2.14. The van der Waals surface area contributed by atoms with Crippen LogP contribution in [0.4, 0.5) is 4.39 Å². The highest BCUT2D eigenvalue weighted by Gasteiger charge is 1.99. The van der Waals surface area contributed by atoms with Gasteiger partial charge in [0.15, 0.2) is 0 Å². The Hall–Kier alpha value is -2.36. The molecule has 0 unspecified atom stereocenters. The molecule has 0 aromatic heterocycles. The summed E-state index contributed by atoms with van der Waals surface area (Å²) >= 11 is 0. The van der Waals surface area contributed by atoms with E-state index < -0.39 is 0 Å². The van der Waals surface area contributed by atoms with Crippen LogP contribution in [0.1, 0.15) is 11.1 Å². The summed E-state index contributed by atoms with van der Waals surface area (Å²) in [6.07, 6.45) is 0. The Labute approximate surface area is 105 Å². The molecule has 0 spiro atoms. The maximum atomic E-state index is 12.9. The summed E-state index contributed by atoms with van der Waals surface area (Å²) in [6.45, 7) is 0.303. The Morgan fingerprint density at radius 3 is 2.50 bits per heavy atom. The van der Waals surface area contributed by atoms with Gasteiger partial charge in [-0.15, -0.1) is 0 Å². The van der Waals surface area contributed by atoms with E-state index in [1.54, 1.807) is 36.4 Å². The molecule has 18 heavy (non-hydrogen) atoms. The third-order valence-electron chi connectivity index (χ3n) is 2.46. The lowest BCUT2D eigenvalue weighted by atomic mass is 10.2. The number of ether oxygens (including phenoxy) is 1. The lowest BCUT2D eigenvalue weighted by molar-refractivity contribution is 0.305. The maximum Gasteiger partial charge on any atom is 0.123 e. The molecule has 0 radical (unpaired) electrons. The van der Waals surface area contributed by atoms with E-state index in [-0.39, 0.29) is 11.7 Å². The molecule has 92 valence electrons. The van der Waals surface area contributed by atoms with Gasteiger partial charge in [0, 0.05) is 5.56 Å². The molecule has 4 heteroatoms. The molecule has 0 fully saturated rings. The van der Waals surface area contributed by atoms with Crippen LogP contribution in [-0.4, -0.2) is 5.84 Å². The van der Waals surface area contributed by atoms with Crippen LogP contribution >= 0.6 is 0 Å². The summed E-state index contributed by atoms with van der Waals surface area (Å²) in [5.74, 6) is 0.402. The Kier molecular flexibility index (Phi) is 3.57. The van der Waals surface area contributed by atoms with Gasteiger partial charge in [-0.1, -0.05) is 12.1 Å². The highest BCUT2D eigenvalue weighted by atomic mass is 19.1. The molecule has 0 aliphatic carbocycles. The second kappa shape index (κ2) is 5.31. The number of nitrogen functional groups attached to an aromatic ring is 1. The first-order valence-electron chi connectivity index (χ1n) is 5.47. The van der Waals surface area contributed by atoms with Crippen LogP contribution < -0.4 is 10.5 Å². The predicted octanol–water partition coefficient (Wildman–Crippen LogP) is 2.69. The molecule has 0 aliphatic rings. The van der Waals surface area contributed by atoms with Crippen LogP contribution in [0.2, 0.25) is 0 Å². The summed E-state index contributed by atoms with van der Waals surface area (Å²) in [6, 6.07) is 13.2. The smallest absolute Gasteiger partial charge is 0.123 e. The fraction of sp³-hybridized carbons (Fsp3) is 0.0714. The Morgan fingerprint density at radius 1 is 1.17 bits per heavy atom. The number of nitrogens with two attached hydrogens (primary N) is 1. The molecule has 2 aromatic rings. The van der Waals surface area contributed by atoms with Crippen molar-refractivity contribution in [2.24, 2.45) is 5.73 Å². The second-order valence-corrected chi connectivity index (χ2v) is 3.86. The number of amidine groups is 1. The molecule has 0 amide bonds. The Bertz CT molecular complexity index is 552. The first-order chi connectivity index (χ1) is 8.65. The molecule has 0 heterocycles.